The van der Waals surface area contributed by atoms with Crippen LogP contribution < -0.4 is 10.5 Å². The maximum absolute atomic E-state index is 5.88. The van der Waals surface area contributed by atoms with Crippen LogP contribution in [0.15, 0.2) is 54.7 Å². The van der Waals surface area contributed by atoms with Crippen molar-refractivity contribution in [1.82, 2.24) is 4.98 Å². The van der Waals surface area contributed by atoms with Gasteiger partial charge >= 0.3 is 0 Å². The van der Waals surface area contributed by atoms with E-state index in [2.05, 4.69) is 4.98 Å². The summed E-state index contributed by atoms with van der Waals surface area (Å²) in [5.41, 5.74) is 8.44. The van der Waals surface area contributed by atoms with Crippen molar-refractivity contribution in [2.75, 3.05) is 0 Å². The Kier molecular flexibility index (Phi) is 3.54. The van der Waals surface area contributed by atoms with Crippen molar-refractivity contribution in [3.8, 4) is 11.5 Å². The number of nitrogens with two attached hydrogens (primary N) is 1. The number of aryl methyl sites for hydroxylation is 1. The van der Waals surface area contributed by atoms with Crippen molar-refractivity contribution in [3.63, 3.8) is 0 Å². The van der Waals surface area contributed by atoms with Crippen LogP contribution in [-0.2, 0) is 0 Å². The number of nitrogens with zero attached hydrogens (tertiary/aromatic N) is 1. The summed E-state index contributed by atoms with van der Waals surface area (Å²) < 4.78 is 5.88. The molecule has 0 aliphatic carbocycles. The minimum absolute atomic E-state index is 0.397. The molecule has 0 saturated heterocycles. The standard InChI is InChI=1S/C17H14N2OS/c1-11-9-13(6-7-15(11)17(18)21)20-14-5-4-12-3-2-8-19-16(12)10-14/h2-10H,1H3,(H2,18,21). The quantitative estimate of drug-likeness (QED) is 0.743. The second-order valence-corrected chi connectivity index (χ2v) is 5.24. The summed E-state index contributed by atoms with van der Waals surface area (Å²) in [6.45, 7) is 1.96. The van der Waals surface area contributed by atoms with Gasteiger partial charge in [0.25, 0.3) is 0 Å². The van der Waals surface area contributed by atoms with Crippen LogP contribution in [0.2, 0.25) is 0 Å². The van der Waals surface area contributed by atoms with Gasteiger partial charge in [-0.15, -0.1) is 0 Å². The fraction of sp³-hybridized carbons (Fsp3) is 0.0588. The predicted octanol–water partition coefficient (Wildman–Crippen LogP) is 3.97. The summed E-state index contributed by atoms with van der Waals surface area (Å²) >= 11 is 5.00. The second kappa shape index (κ2) is 5.50. The zero-order valence-corrected chi connectivity index (χ0v) is 12.4. The molecule has 2 aromatic carbocycles. The molecule has 1 aromatic heterocycles. The molecule has 0 aliphatic rings. The fourth-order valence-corrected chi connectivity index (χ4v) is 2.45. The summed E-state index contributed by atoms with van der Waals surface area (Å²) in [6, 6.07) is 15.5. The smallest absolute Gasteiger partial charge is 0.129 e. The Labute approximate surface area is 128 Å². The lowest BCUT2D eigenvalue weighted by atomic mass is 10.1. The summed E-state index contributed by atoms with van der Waals surface area (Å²) in [5, 5.41) is 1.09. The molecule has 4 heteroatoms. The molecule has 3 nitrogen and oxygen atoms in total. The van der Waals surface area contributed by atoms with Crippen LogP contribution in [0.4, 0.5) is 0 Å². The Hall–Kier alpha value is -2.46. The van der Waals surface area contributed by atoms with Crippen LogP contribution >= 0.6 is 12.2 Å². The van der Waals surface area contributed by atoms with Crippen molar-refractivity contribution in [1.29, 1.82) is 0 Å². The van der Waals surface area contributed by atoms with E-state index in [0.29, 0.717) is 4.99 Å². The van der Waals surface area contributed by atoms with Crippen LogP contribution in [0.25, 0.3) is 10.9 Å². The van der Waals surface area contributed by atoms with E-state index in [1.54, 1.807) is 6.20 Å². The largest absolute Gasteiger partial charge is 0.457 e. The Morgan fingerprint density at radius 3 is 2.62 bits per heavy atom. The fourth-order valence-electron chi connectivity index (χ4n) is 2.22. The van der Waals surface area contributed by atoms with E-state index in [4.69, 9.17) is 22.7 Å². The van der Waals surface area contributed by atoms with Crippen molar-refractivity contribution < 1.29 is 4.74 Å². The highest BCUT2D eigenvalue weighted by Crippen LogP contribution is 2.26. The number of benzene rings is 2. The third kappa shape index (κ3) is 2.85. The Bertz CT molecular complexity index is 830. The van der Waals surface area contributed by atoms with Gasteiger partial charge in [-0.3, -0.25) is 4.98 Å². The molecule has 3 aromatic rings. The van der Waals surface area contributed by atoms with E-state index in [-0.39, 0.29) is 0 Å². The van der Waals surface area contributed by atoms with Crippen molar-refractivity contribution in [2.45, 2.75) is 6.92 Å². The number of thiocarbonyl (C=S) groups is 1. The molecule has 2 N–H and O–H groups in total. The lowest BCUT2D eigenvalue weighted by molar-refractivity contribution is 0.483. The van der Waals surface area contributed by atoms with E-state index in [1.807, 2.05) is 55.5 Å². The Balaban J connectivity index is 1.91. The first-order chi connectivity index (χ1) is 10.1. The highest BCUT2D eigenvalue weighted by Gasteiger charge is 2.05. The summed E-state index contributed by atoms with van der Waals surface area (Å²) in [4.78, 5) is 4.72. The highest BCUT2D eigenvalue weighted by molar-refractivity contribution is 7.80. The van der Waals surface area contributed by atoms with Gasteiger partial charge in [-0.1, -0.05) is 18.3 Å². The maximum atomic E-state index is 5.88. The topological polar surface area (TPSA) is 48.1 Å². The molecule has 21 heavy (non-hydrogen) atoms. The third-order valence-corrected chi connectivity index (χ3v) is 3.50. The second-order valence-electron chi connectivity index (χ2n) is 4.80. The highest BCUT2D eigenvalue weighted by atomic mass is 32.1. The first kappa shape index (κ1) is 13.5. The van der Waals surface area contributed by atoms with E-state index < -0.39 is 0 Å². The van der Waals surface area contributed by atoms with Crippen LogP contribution in [0.3, 0.4) is 0 Å². The van der Waals surface area contributed by atoms with Gasteiger partial charge < -0.3 is 10.5 Å². The number of hydrogen-bond donors (Lipinski definition) is 1. The molecule has 0 fully saturated rings. The molecule has 3 rings (SSSR count). The first-order valence-corrected chi connectivity index (χ1v) is 6.97. The monoisotopic (exact) mass is 294 g/mol. The van der Waals surface area contributed by atoms with Crippen molar-refractivity contribution >= 4 is 28.1 Å². The molecule has 0 amide bonds. The summed E-state index contributed by atoms with van der Waals surface area (Å²) in [6.07, 6.45) is 1.77. The van der Waals surface area contributed by atoms with Gasteiger partial charge in [0.15, 0.2) is 0 Å². The van der Waals surface area contributed by atoms with E-state index in [9.17, 15) is 0 Å². The first-order valence-electron chi connectivity index (χ1n) is 6.56. The van der Waals surface area contributed by atoms with E-state index in [0.717, 1.165) is 33.5 Å². The molecular weight excluding hydrogens is 280 g/mol. The minimum Gasteiger partial charge on any atom is -0.457 e. The molecule has 0 spiro atoms. The van der Waals surface area contributed by atoms with Crippen LogP contribution in [0, 0.1) is 6.92 Å². The molecule has 0 unspecified atom stereocenters. The molecule has 1 heterocycles. The minimum atomic E-state index is 0.397. The molecule has 0 saturated carbocycles. The molecule has 0 radical (unpaired) electrons. The van der Waals surface area contributed by atoms with Crippen molar-refractivity contribution in [2.24, 2.45) is 5.73 Å². The lowest BCUT2D eigenvalue weighted by Gasteiger charge is -2.09. The van der Waals surface area contributed by atoms with Gasteiger partial charge in [-0.2, -0.15) is 0 Å². The van der Waals surface area contributed by atoms with E-state index in [1.165, 1.54) is 0 Å². The zero-order valence-electron chi connectivity index (χ0n) is 11.5. The Morgan fingerprint density at radius 1 is 1.10 bits per heavy atom. The van der Waals surface area contributed by atoms with Crippen molar-refractivity contribution in [3.05, 3.63) is 65.9 Å². The normalized spacial score (nSPS) is 10.5. The lowest BCUT2D eigenvalue weighted by Crippen LogP contribution is -2.10. The predicted molar refractivity (Wildman–Crippen MR) is 88.9 cm³/mol. The zero-order chi connectivity index (χ0) is 14.8. The summed E-state index contributed by atoms with van der Waals surface area (Å²) in [7, 11) is 0. The molecule has 0 atom stereocenters. The SMILES string of the molecule is Cc1cc(Oc2ccc3cccnc3c2)ccc1C(N)=S. The number of fused-ring (bicyclic) bond motifs is 1. The van der Waals surface area contributed by atoms with Gasteiger partial charge in [-0.25, -0.2) is 0 Å². The van der Waals surface area contributed by atoms with Gasteiger partial charge in [0.2, 0.25) is 0 Å². The van der Waals surface area contributed by atoms with E-state index >= 15 is 0 Å². The average molecular weight is 294 g/mol. The van der Waals surface area contributed by atoms with Gasteiger partial charge in [-0.05, 0) is 48.9 Å². The molecular formula is C17H14N2OS. The molecule has 0 bridgehead atoms. The van der Waals surface area contributed by atoms with Crippen LogP contribution in [-0.4, -0.2) is 9.97 Å². The van der Waals surface area contributed by atoms with Gasteiger partial charge in [0, 0.05) is 23.2 Å². The number of hydrogen-bond acceptors (Lipinski definition) is 3. The van der Waals surface area contributed by atoms with Crippen LogP contribution in [0.5, 0.6) is 11.5 Å². The third-order valence-electron chi connectivity index (χ3n) is 3.28. The maximum Gasteiger partial charge on any atom is 0.129 e. The number of ether oxygens (including phenoxy) is 1. The molecule has 0 aliphatic heterocycles. The number of rotatable bonds is 3. The number of aromatic nitrogens is 1. The van der Waals surface area contributed by atoms with Crippen LogP contribution in [0.1, 0.15) is 11.1 Å². The molecule has 104 valence electrons. The number of pyridine rings is 1. The van der Waals surface area contributed by atoms with Gasteiger partial charge in [0.1, 0.15) is 16.5 Å². The van der Waals surface area contributed by atoms with Gasteiger partial charge in [0.05, 0.1) is 5.52 Å². The average Bonchev–Trinajstić information content (AvgIpc) is 2.47. The summed E-state index contributed by atoms with van der Waals surface area (Å²) in [5.74, 6) is 1.51. The Morgan fingerprint density at radius 2 is 1.86 bits per heavy atom.